The molecule has 0 N–H and O–H groups in total. The van der Waals surface area contributed by atoms with Gasteiger partial charge in [0.05, 0.1) is 28.1 Å². The van der Waals surface area contributed by atoms with Gasteiger partial charge in [0.2, 0.25) is 0 Å². The van der Waals surface area contributed by atoms with Gasteiger partial charge < -0.3 is 0 Å². The Morgan fingerprint density at radius 1 is 0.345 bits per heavy atom. The lowest BCUT2D eigenvalue weighted by Crippen LogP contribution is -2.50. The largest absolute Gasteiger partial charge is 0.244 e. The summed E-state index contributed by atoms with van der Waals surface area (Å²) in [5.74, 6) is 0.766. The Labute approximate surface area is 321 Å². The molecule has 9 aromatic rings. The van der Waals surface area contributed by atoms with E-state index < -0.39 is 8.07 Å². The highest BCUT2D eigenvalue weighted by Crippen LogP contribution is 2.38. The summed E-state index contributed by atoms with van der Waals surface area (Å²) in [7, 11) is -2.06. The molecule has 260 valence electrons. The molecule has 5 heteroatoms. The molecule has 0 unspecified atom stereocenters. The van der Waals surface area contributed by atoms with Gasteiger partial charge in [-0.3, -0.25) is 0 Å². The van der Waals surface area contributed by atoms with Gasteiger partial charge in [0.25, 0.3) is 0 Å². The fourth-order valence-electron chi connectivity index (χ4n) is 8.04. The van der Waals surface area contributed by atoms with Crippen molar-refractivity contribution in [2.45, 2.75) is 13.1 Å². The topological polar surface area (TPSA) is 51.6 Å². The Balaban J connectivity index is 1.05. The van der Waals surface area contributed by atoms with Crippen LogP contribution in [0.5, 0.6) is 0 Å². The highest BCUT2D eigenvalue weighted by Gasteiger charge is 2.41. The number of rotatable bonds is 6. The molecule has 1 aliphatic rings. The van der Waals surface area contributed by atoms with Crippen molar-refractivity contribution in [2.24, 2.45) is 0 Å². The third kappa shape index (κ3) is 5.77. The lowest BCUT2D eigenvalue weighted by atomic mass is 9.95. The second-order valence-electron chi connectivity index (χ2n) is 14.7. The molecule has 1 aliphatic heterocycles. The predicted octanol–water partition coefficient (Wildman–Crippen LogP) is 11.2. The van der Waals surface area contributed by atoms with Crippen LogP contribution in [0.3, 0.4) is 0 Å². The Bertz CT molecular complexity index is 2900. The van der Waals surface area contributed by atoms with E-state index >= 15 is 0 Å². The quantitative estimate of drug-likeness (QED) is 0.161. The smallest absolute Gasteiger partial charge is 0.159 e. The zero-order valence-electron chi connectivity index (χ0n) is 30.6. The van der Waals surface area contributed by atoms with Crippen LogP contribution in [0.1, 0.15) is 0 Å². The first-order valence-electron chi connectivity index (χ1n) is 18.7. The molecular formula is C50H36N4Si. The summed E-state index contributed by atoms with van der Waals surface area (Å²) in [6.45, 7) is 4.82. The van der Waals surface area contributed by atoms with E-state index in [0.717, 1.165) is 78.4 Å². The Morgan fingerprint density at radius 3 is 1.40 bits per heavy atom. The summed E-state index contributed by atoms with van der Waals surface area (Å²) < 4.78 is 0. The van der Waals surface area contributed by atoms with E-state index in [2.05, 4.69) is 153 Å². The molecule has 0 saturated carbocycles. The molecule has 0 spiro atoms. The first-order valence-corrected chi connectivity index (χ1v) is 21.7. The van der Waals surface area contributed by atoms with Crippen molar-refractivity contribution in [1.82, 2.24) is 19.9 Å². The number of fused-ring (bicyclic) bond motifs is 4. The third-order valence-corrected chi connectivity index (χ3v) is 14.2. The molecule has 0 bridgehead atoms. The van der Waals surface area contributed by atoms with Crippen LogP contribution in [0.15, 0.2) is 182 Å². The van der Waals surface area contributed by atoms with Crippen LogP contribution in [0.25, 0.3) is 89.6 Å². The first kappa shape index (κ1) is 32.8. The average Bonchev–Trinajstić information content (AvgIpc) is 3.49. The van der Waals surface area contributed by atoms with E-state index in [9.17, 15) is 0 Å². The van der Waals surface area contributed by atoms with Crippen LogP contribution >= 0.6 is 0 Å². The third-order valence-electron chi connectivity index (χ3n) is 10.8. The van der Waals surface area contributed by atoms with Gasteiger partial charge in [0.15, 0.2) is 5.82 Å². The summed E-state index contributed by atoms with van der Waals surface area (Å²) in [5, 5.41) is 2.63. The van der Waals surface area contributed by atoms with Crippen LogP contribution in [-0.4, -0.2) is 28.0 Å². The Kier molecular flexibility index (Phi) is 7.89. The van der Waals surface area contributed by atoms with Gasteiger partial charge >= 0.3 is 0 Å². The molecule has 0 atom stereocenters. The van der Waals surface area contributed by atoms with Crippen molar-refractivity contribution in [3.8, 4) is 78.5 Å². The van der Waals surface area contributed by atoms with Crippen LogP contribution in [0, 0.1) is 0 Å². The van der Waals surface area contributed by atoms with Crippen molar-refractivity contribution < 1.29 is 0 Å². The minimum Gasteiger partial charge on any atom is -0.244 e. The van der Waals surface area contributed by atoms with Crippen molar-refractivity contribution in [3.63, 3.8) is 0 Å². The summed E-state index contributed by atoms with van der Waals surface area (Å²) in [5.41, 5.74) is 15.7. The molecule has 0 aliphatic carbocycles. The number of benzene rings is 7. The van der Waals surface area contributed by atoms with Crippen LogP contribution in [0.4, 0.5) is 0 Å². The van der Waals surface area contributed by atoms with Gasteiger partial charge in [-0.1, -0.05) is 165 Å². The van der Waals surface area contributed by atoms with E-state index in [1.165, 1.54) is 21.6 Å². The maximum Gasteiger partial charge on any atom is 0.159 e. The zero-order valence-corrected chi connectivity index (χ0v) is 31.6. The average molecular weight is 721 g/mol. The summed E-state index contributed by atoms with van der Waals surface area (Å²) >= 11 is 0. The van der Waals surface area contributed by atoms with Gasteiger partial charge in [-0.05, 0) is 63.3 Å². The van der Waals surface area contributed by atoms with E-state index in [1.54, 1.807) is 0 Å². The molecular weight excluding hydrogens is 685 g/mol. The second-order valence-corrected chi connectivity index (χ2v) is 18.9. The predicted molar refractivity (Wildman–Crippen MR) is 230 cm³/mol. The number of hydrogen-bond acceptors (Lipinski definition) is 4. The van der Waals surface area contributed by atoms with Crippen LogP contribution in [-0.2, 0) is 0 Å². The number of nitrogens with zero attached hydrogens (tertiary/aromatic N) is 4. The molecule has 0 saturated heterocycles. The second kappa shape index (κ2) is 13.2. The van der Waals surface area contributed by atoms with Gasteiger partial charge in [0, 0.05) is 33.1 Å². The Morgan fingerprint density at radius 2 is 0.782 bits per heavy atom. The van der Waals surface area contributed by atoms with E-state index in [4.69, 9.17) is 19.9 Å². The summed E-state index contributed by atoms with van der Waals surface area (Å²) in [6, 6.07) is 63.9. The van der Waals surface area contributed by atoms with Crippen molar-refractivity contribution in [3.05, 3.63) is 182 Å². The number of para-hydroxylation sites is 2. The van der Waals surface area contributed by atoms with Crippen LogP contribution < -0.4 is 10.5 Å². The van der Waals surface area contributed by atoms with Crippen molar-refractivity contribution in [2.75, 3.05) is 0 Å². The molecule has 0 radical (unpaired) electrons. The molecule has 7 aromatic carbocycles. The normalized spacial score (nSPS) is 12.7. The van der Waals surface area contributed by atoms with Crippen molar-refractivity contribution in [1.29, 1.82) is 0 Å². The summed E-state index contributed by atoms with van der Waals surface area (Å²) in [6.07, 6.45) is 0. The summed E-state index contributed by atoms with van der Waals surface area (Å²) in [4.78, 5) is 21.0. The first-order chi connectivity index (χ1) is 27.0. The molecule has 3 heterocycles. The van der Waals surface area contributed by atoms with Gasteiger partial charge in [-0.25, -0.2) is 19.9 Å². The van der Waals surface area contributed by atoms with Gasteiger partial charge in [-0.15, -0.1) is 0 Å². The monoisotopic (exact) mass is 720 g/mol. The lowest BCUT2D eigenvalue weighted by Gasteiger charge is -2.19. The maximum atomic E-state index is 5.40. The minimum absolute atomic E-state index is 0.766. The minimum atomic E-state index is -2.06. The maximum absolute atomic E-state index is 5.40. The van der Waals surface area contributed by atoms with Crippen LogP contribution in [0.2, 0.25) is 13.1 Å². The molecule has 0 fully saturated rings. The molecule has 55 heavy (non-hydrogen) atoms. The fourth-order valence-corrected chi connectivity index (χ4v) is 10.9. The lowest BCUT2D eigenvalue weighted by molar-refractivity contribution is 1.21. The Hall–Kier alpha value is -6.82. The molecule has 0 amide bonds. The van der Waals surface area contributed by atoms with Gasteiger partial charge in [-0.2, -0.15) is 0 Å². The highest BCUT2D eigenvalue weighted by atomic mass is 28.3. The number of aromatic nitrogens is 4. The van der Waals surface area contributed by atoms with E-state index in [-0.39, 0.29) is 0 Å². The molecule has 2 aromatic heterocycles. The SMILES string of the molecule is C[Si]1(C)c2ccccc2-c2c(-c3ccccc3)nc(-c3cccc(-c4cccc(-c5cccc(-c6nc7ccccc7nc6-c6ccccc6)c5)c4)c3)nc21. The number of hydrogen-bond donors (Lipinski definition) is 0. The molecule has 10 rings (SSSR count). The molecule has 4 nitrogen and oxygen atoms in total. The van der Waals surface area contributed by atoms with Crippen molar-refractivity contribution >= 4 is 29.6 Å². The van der Waals surface area contributed by atoms with Gasteiger partial charge in [0.1, 0.15) is 8.07 Å². The fraction of sp³-hybridized carbons (Fsp3) is 0.0400. The van der Waals surface area contributed by atoms with E-state index in [0.29, 0.717) is 0 Å². The van der Waals surface area contributed by atoms with E-state index in [1.807, 2.05) is 42.5 Å². The highest BCUT2D eigenvalue weighted by molar-refractivity contribution is 7.03. The standard InChI is InChI=1S/C50H36N4Si/c1-55(2)44-29-12-9-26-41(44)45-46(33-16-5-3-6-17-33)53-49(54-50(45)55)40-25-15-23-38(32-40)36-21-13-20-35(30-36)37-22-14-24-39(31-37)48-47(34-18-7-4-8-19-34)51-42-27-10-11-28-43(42)52-48/h3-32H,1-2H3. The zero-order chi connectivity index (χ0) is 36.9.